The molecule has 0 heterocycles. The van der Waals surface area contributed by atoms with Crippen molar-refractivity contribution in [2.24, 2.45) is 11.3 Å². The number of aliphatic hydroxyl groups excluding tert-OH is 1. The van der Waals surface area contributed by atoms with Crippen LogP contribution < -0.4 is 0 Å². The van der Waals surface area contributed by atoms with E-state index < -0.39 is 0 Å². The summed E-state index contributed by atoms with van der Waals surface area (Å²) in [5.74, 6) is 0.462. The largest absolute Gasteiger partial charge is 0.388 e. The molecule has 0 bridgehead atoms. The van der Waals surface area contributed by atoms with E-state index in [1.54, 1.807) is 0 Å². The zero-order chi connectivity index (χ0) is 12.0. The van der Waals surface area contributed by atoms with E-state index >= 15 is 0 Å². The van der Waals surface area contributed by atoms with Gasteiger partial charge in [-0.3, -0.25) is 0 Å². The Morgan fingerprint density at radius 1 is 1.18 bits per heavy atom. The second-order valence-corrected chi connectivity index (χ2v) is 6.48. The van der Waals surface area contributed by atoms with Crippen LogP contribution in [-0.2, 0) is 12.8 Å². The fraction of sp³-hybridized carbons (Fsp3) is 0.625. The molecule has 3 rings (SSSR count). The molecule has 0 radical (unpaired) electrons. The van der Waals surface area contributed by atoms with Gasteiger partial charge in [0.2, 0.25) is 0 Å². The number of aliphatic hydroxyl groups is 1. The molecule has 1 saturated carbocycles. The van der Waals surface area contributed by atoms with Crippen LogP contribution >= 0.6 is 0 Å². The molecule has 0 amide bonds. The highest BCUT2D eigenvalue weighted by Gasteiger charge is 2.50. The van der Waals surface area contributed by atoms with Crippen LogP contribution in [0.4, 0.5) is 0 Å². The van der Waals surface area contributed by atoms with Crippen molar-refractivity contribution in [2.45, 2.75) is 52.1 Å². The van der Waals surface area contributed by atoms with E-state index in [0.717, 1.165) is 12.0 Å². The third-order valence-electron chi connectivity index (χ3n) is 4.68. The summed E-state index contributed by atoms with van der Waals surface area (Å²) in [5, 5.41) is 10.4. The average Bonchev–Trinajstić information content (AvgIpc) is 2.97. The Labute approximate surface area is 104 Å². The Balaban J connectivity index is 1.84. The van der Waals surface area contributed by atoms with Gasteiger partial charge in [-0.1, -0.05) is 32.0 Å². The lowest BCUT2D eigenvalue weighted by atomic mass is 9.88. The first-order valence-electron chi connectivity index (χ1n) is 6.88. The zero-order valence-corrected chi connectivity index (χ0v) is 10.9. The minimum atomic E-state index is -0.253. The molecule has 0 spiro atoms. The van der Waals surface area contributed by atoms with Gasteiger partial charge in [0.25, 0.3) is 0 Å². The van der Waals surface area contributed by atoms with Crippen molar-refractivity contribution in [1.82, 2.24) is 0 Å². The van der Waals surface area contributed by atoms with Crippen LogP contribution in [0, 0.1) is 11.3 Å². The molecule has 1 heteroatoms. The number of hydrogen-bond donors (Lipinski definition) is 1. The summed E-state index contributed by atoms with van der Waals surface area (Å²) in [5.41, 5.74) is 4.46. The van der Waals surface area contributed by atoms with Crippen LogP contribution in [0.5, 0.6) is 0 Å². The zero-order valence-electron chi connectivity index (χ0n) is 10.9. The van der Waals surface area contributed by atoms with Gasteiger partial charge in [0, 0.05) is 0 Å². The second kappa shape index (κ2) is 3.84. The van der Waals surface area contributed by atoms with Crippen LogP contribution in [0.1, 0.15) is 55.9 Å². The molecule has 1 nitrogen and oxygen atoms in total. The third-order valence-corrected chi connectivity index (χ3v) is 4.68. The molecule has 92 valence electrons. The fourth-order valence-electron chi connectivity index (χ4n) is 3.22. The Morgan fingerprint density at radius 3 is 2.47 bits per heavy atom. The van der Waals surface area contributed by atoms with Crippen molar-refractivity contribution in [3.05, 3.63) is 34.9 Å². The summed E-state index contributed by atoms with van der Waals surface area (Å²) in [6, 6.07) is 6.64. The minimum absolute atomic E-state index is 0.253. The SMILES string of the molecule is CC1(C)CC1C(O)c1ccc2c(c1)CCCC2. The predicted molar refractivity (Wildman–Crippen MR) is 69.9 cm³/mol. The van der Waals surface area contributed by atoms with Gasteiger partial charge >= 0.3 is 0 Å². The van der Waals surface area contributed by atoms with E-state index in [2.05, 4.69) is 32.0 Å². The number of hydrogen-bond acceptors (Lipinski definition) is 1. The smallest absolute Gasteiger partial charge is 0.0823 e. The van der Waals surface area contributed by atoms with Gasteiger partial charge in [-0.25, -0.2) is 0 Å². The molecular weight excluding hydrogens is 208 g/mol. The van der Waals surface area contributed by atoms with E-state index in [1.807, 2.05) is 0 Å². The van der Waals surface area contributed by atoms with Gasteiger partial charge in [0.05, 0.1) is 6.10 Å². The van der Waals surface area contributed by atoms with Crippen LogP contribution in [0.3, 0.4) is 0 Å². The van der Waals surface area contributed by atoms with Crippen molar-refractivity contribution in [2.75, 3.05) is 0 Å². The fourth-order valence-corrected chi connectivity index (χ4v) is 3.22. The molecule has 17 heavy (non-hydrogen) atoms. The Bertz CT molecular complexity index is 433. The van der Waals surface area contributed by atoms with E-state index in [0.29, 0.717) is 11.3 Å². The minimum Gasteiger partial charge on any atom is -0.388 e. The van der Waals surface area contributed by atoms with Gasteiger partial charge in [-0.05, 0) is 60.1 Å². The number of fused-ring (bicyclic) bond motifs is 1. The molecule has 1 aromatic rings. The maximum atomic E-state index is 10.4. The van der Waals surface area contributed by atoms with Crippen molar-refractivity contribution in [3.63, 3.8) is 0 Å². The van der Waals surface area contributed by atoms with Crippen LogP contribution in [-0.4, -0.2) is 5.11 Å². The first-order chi connectivity index (χ1) is 8.08. The van der Waals surface area contributed by atoms with Gasteiger partial charge in [-0.15, -0.1) is 0 Å². The first-order valence-corrected chi connectivity index (χ1v) is 6.88. The lowest BCUT2D eigenvalue weighted by molar-refractivity contribution is 0.138. The Morgan fingerprint density at radius 2 is 1.82 bits per heavy atom. The summed E-state index contributed by atoms with van der Waals surface area (Å²) in [4.78, 5) is 0. The standard InChI is InChI=1S/C16H22O/c1-16(2)10-14(16)15(17)13-8-7-11-5-3-4-6-12(11)9-13/h7-9,14-15,17H,3-6,10H2,1-2H3. The van der Waals surface area contributed by atoms with E-state index in [9.17, 15) is 5.11 Å². The number of rotatable bonds is 2. The van der Waals surface area contributed by atoms with Crippen LogP contribution in [0.15, 0.2) is 18.2 Å². The summed E-state index contributed by atoms with van der Waals surface area (Å²) < 4.78 is 0. The third kappa shape index (κ3) is 2.01. The van der Waals surface area contributed by atoms with Gasteiger partial charge in [-0.2, -0.15) is 0 Å². The van der Waals surface area contributed by atoms with Gasteiger partial charge in [0.1, 0.15) is 0 Å². The van der Waals surface area contributed by atoms with Crippen LogP contribution in [0.2, 0.25) is 0 Å². The summed E-state index contributed by atoms with van der Waals surface area (Å²) in [6.07, 6.45) is 5.96. The molecule has 2 unspecified atom stereocenters. The molecule has 2 aliphatic rings. The highest BCUT2D eigenvalue weighted by molar-refractivity contribution is 5.35. The Kier molecular flexibility index (Phi) is 2.55. The van der Waals surface area contributed by atoms with Crippen molar-refractivity contribution in [1.29, 1.82) is 0 Å². The molecule has 0 saturated heterocycles. The molecular formula is C16H22O. The molecule has 1 fully saturated rings. The number of aryl methyl sites for hydroxylation is 2. The van der Waals surface area contributed by atoms with Crippen molar-refractivity contribution >= 4 is 0 Å². The molecule has 0 aliphatic heterocycles. The van der Waals surface area contributed by atoms with Crippen molar-refractivity contribution in [3.8, 4) is 0 Å². The maximum absolute atomic E-state index is 10.4. The topological polar surface area (TPSA) is 20.2 Å². The second-order valence-electron chi connectivity index (χ2n) is 6.48. The summed E-state index contributed by atoms with van der Waals surface area (Å²) >= 11 is 0. The molecule has 1 N–H and O–H groups in total. The summed E-state index contributed by atoms with van der Waals surface area (Å²) in [7, 11) is 0. The molecule has 0 aromatic heterocycles. The van der Waals surface area contributed by atoms with E-state index in [4.69, 9.17) is 0 Å². The van der Waals surface area contributed by atoms with Crippen molar-refractivity contribution < 1.29 is 5.11 Å². The normalized spacial score (nSPS) is 27.4. The van der Waals surface area contributed by atoms with E-state index in [-0.39, 0.29) is 6.10 Å². The molecule has 2 aliphatic carbocycles. The van der Waals surface area contributed by atoms with E-state index in [1.165, 1.54) is 36.8 Å². The van der Waals surface area contributed by atoms with Gasteiger partial charge < -0.3 is 5.11 Å². The highest BCUT2D eigenvalue weighted by atomic mass is 16.3. The lowest BCUT2D eigenvalue weighted by Gasteiger charge is -2.19. The lowest BCUT2D eigenvalue weighted by Crippen LogP contribution is -2.08. The highest BCUT2D eigenvalue weighted by Crippen LogP contribution is 2.57. The monoisotopic (exact) mass is 230 g/mol. The molecule has 2 atom stereocenters. The molecule has 1 aromatic carbocycles. The average molecular weight is 230 g/mol. The maximum Gasteiger partial charge on any atom is 0.0823 e. The first kappa shape index (κ1) is 11.3. The van der Waals surface area contributed by atoms with Crippen LogP contribution in [0.25, 0.3) is 0 Å². The van der Waals surface area contributed by atoms with Gasteiger partial charge in [0.15, 0.2) is 0 Å². The predicted octanol–water partition coefficient (Wildman–Crippen LogP) is 3.64. The summed E-state index contributed by atoms with van der Waals surface area (Å²) in [6.45, 7) is 4.50. The quantitative estimate of drug-likeness (QED) is 0.822. The Hall–Kier alpha value is -0.820. The number of benzene rings is 1.